The van der Waals surface area contributed by atoms with Crippen LogP contribution in [0.25, 0.3) is 0 Å². The van der Waals surface area contributed by atoms with Gasteiger partial charge in [0.2, 0.25) is 0 Å². The number of hydrogen-bond acceptors (Lipinski definition) is 9. The molecule has 2 saturated carbocycles. The van der Waals surface area contributed by atoms with E-state index in [1.165, 1.54) is 0 Å². The zero-order valence-electron chi connectivity index (χ0n) is 17.6. The molecule has 2 saturated heterocycles. The highest BCUT2D eigenvalue weighted by atomic mass is 16.7. The van der Waals surface area contributed by atoms with E-state index in [1.54, 1.807) is 0 Å². The molecule has 0 amide bonds. The quantitative estimate of drug-likeness (QED) is 0.362. The Kier molecular flexibility index (Phi) is 5.93. The lowest BCUT2D eigenvalue weighted by molar-refractivity contribution is -0.318. The van der Waals surface area contributed by atoms with Gasteiger partial charge >= 0.3 is 5.97 Å². The summed E-state index contributed by atoms with van der Waals surface area (Å²) in [5, 5.41) is 50.8. The molecule has 2 aliphatic heterocycles. The van der Waals surface area contributed by atoms with Gasteiger partial charge in [-0.3, -0.25) is 4.79 Å². The molecular weight excluding hydrogens is 396 g/mol. The van der Waals surface area contributed by atoms with Gasteiger partial charge in [0, 0.05) is 12.3 Å². The molecule has 4 rings (SSSR count). The van der Waals surface area contributed by atoms with Crippen LogP contribution in [0.2, 0.25) is 0 Å². The second-order valence-electron chi connectivity index (χ2n) is 10.0. The van der Waals surface area contributed by atoms with Crippen LogP contribution in [0.15, 0.2) is 0 Å². The highest BCUT2D eigenvalue weighted by Gasteiger charge is 2.61. The summed E-state index contributed by atoms with van der Waals surface area (Å²) in [7, 11) is 0. The molecule has 2 aliphatic carbocycles. The summed E-state index contributed by atoms with van der Waals surface area (Å²) >= 11 is 0. The first-order valence-corrected chi connectivity index (χ1v) is 10.9. The van der Waals surface area contributed by atoms with E-state index in [4.69, 9.17) is 14.2 Å². The van der Waals surface area contributed by atoms with E-state index in [-0.39, 0.29) is 35.7 Å². The fourth-order valence-electron chi connectivity index (χ4n) is 6.53. The van der Waals surface area contributed by atoms with Crippen LogP contribution < -0.4 is 0 Å². The van der Waals surface area contributed by atoms with Crippen molar-refractivity contribution in [1.82, 2.24) is 0 Å². The third-order valence-corrected chi connectivity index (χ3v) is 8.17. The van der Waals surface area contributed by atoms with Gasteiger partial charge in [-0.05, 0) is 30.1 Å². The minimum Gasteiger partial charge on any atom is -0.462 e. The first-order valence-electron chi connectivity index (χ1n) is 10.9. The molecule has 4 fully saturated rings. The minimum atomic E-state index is -1.52. The Morgan fingerprint density at radius 1 is 1.10 bits per heavy atom. The van der Waals surface area contributed by atoms with Gasteiger partial charge in [-0.15, -0.1) is 0 Å². The molecule has 0 aromatic rings. The minimum absolute atomic E-state index is 0.0150. The van der Waals surface area contributed by atoms with Crippen LogP contribution in [0.3, 0.4) is 0 Å². The van der Waals surface area contributed by atoms with E-state index in [2.05, 4.69) is 6.92 Å². The van der Waals surface area contributed by atoms with Gasteiger partial charge in [-0.25, -0.2) is 0 Å². The Morgan fingerprint density at radius 3 is 2.47 bits per heavy atom. The number of ether oxygens (including phenoxy) is 3. The van der Waals surface area contributed by atoms with Crippen LogP contribution in [-0.4, -0.2) is 87.1 Å². The second kappa shape index (κ2) is 7.95. The molecule has 0 aromatic heterocycles. The normalized spacial score (nSPS) is 56.2. The highest BCUT2D eigenvalue weighted by Crippen LogP contribution is 2.58. The molecule has 9 heteroatoms. The Bertz CT molecular complexity index is 656. The lowest BCUT2D eigenvalue weighted by Gasteiger charge is -2.44. The smallest absolute Gasteiger partial charge is 0.309 e. The first kappa shape index (κ1) is 22.4. The van der Waals surface area contributed by atoms with E-state index in [9.17, 15) is 30.3 Å². The van der Waals surface area contributed by atoms with Crippen molar-refractivity contribution in [3.05, 3.63) is 0 Å². The van der Waals surface area contributed by atoms with Gasteiger partial charge in [0.15, 0.2) is 6.29 Å². The van der Waals surface area contributed by atoms with Crippen molar-refractivity contribution in [3.8, 4) is 0 Å². The SMILES string of the molecule is C[C@@H]1C[C@H]2OC(=O)[C@@H](C)[C@H]2C[C@@]2(C)[C@H]1[C@@H](O)C[C@H]2O[C@@H]1O[C@H](CO)[C@@H](O)[C@H](O)[C@H]1O. The van der Waals surface area contributed by atoms with Crippen molar-refractivity contribution in [2.24, 2.45) is 29.1 Å². The van der Waals surface area contributed by atoms with Crippen molar-refractivity contribution in [3.63, 3.8) is 0 Å². The van der Waals surface area contributed by atoms with Crippen LogP contribution in [0.1, 0.15) is 40.0 Å². The standard InChI is InChI=1S/C21H34O9/c1-8-4-12-10(9(2)19(27)28-12)6-21(3)14(5-11(23)15(8)21)30-20-18(26)17(25)16(24)13(7-22)29-20/h8-18,20,22-26H,4-7H2,1-3H3/t8-,9+,10-,11+,12-,13-,14-,15-,16-,17+,18-,20+,21-/m1/s1. The number of fused-ring (bicyclic) bond motifs is 2. The predicted octanol–water partition coefficient (Wildman–Crippen LogP) is -0.834. The van der Waals surface area contributed by atoms with Gasteiger partial charge in [-0.1, -0.05) is 20.8 Å². The van der Waals surface area contributed by atoms with E-state index in [0.717, 1.165) is 0 Å². The zero-order valence-corrected chi connectivity index (χ0v) is 17.6. The maximum atomic E-state index is 12.2. The van der Waals surface area contributed by atoms with Crippen LogP contribution in [0, 0.1) is 29.1 Å². The van der Waals surface area contributed by atoms with Crippen molar-refractivity contribution < 1.29 is 44.5 Å². The number of aliphatic hydroxyl groups is 5. The topological polar surface area (TPSA) is 146 Å². The number of carbonyl (C=O) groups is 1. The lowest BCUT2D eigenvalue weighted by atomic mass is 9.68. The van der Waals surface area contributed by atoms with Crippen molar-refractivity contribution in [2.75, 3.05) is 6.61 Å². The molecule has 0 unspecified atom stereocenters. The Hall–Kier alpha value is -0.810. The number of rotatable bonds is 3. The third kappa shape index (κ3) is 3.39. The summed E-state index contributed by atoms with van der Waals surface area (Å²) in [5.74, 6) is -0.390. The van der Waals surface area contributed by atoms with E-state index in [1.807, 2.05) is 13.8 Å². The zero-order chi connectivity index (χ0) is 22.0. The third-order valence-electron chi connectivity index (χ3n) is 8.17. The second-order valence-corrected chi connectivity index (χ2v) is 10.0. The lowest BCUT2D eigenvalue weighted by Crippen LogP contribution is -2.60. The molecule has 0 aromatic carbocycles. The summed E-state index contributed by atoms with van der Waals surface area (Å²) in [6.07, 6.45) is -6.42. The average Bonchev–Trinajstić information content (AvgIpc) is 3.03. The molecule has 0 radical (unpaired) electrons. The number of carbonyl (C=O) groups excluding carboxylic acids is 1. The first-order chi connectivity index (χ1) is 14.1. The van der Waals surface area contributed by atoms with Crippen molar-refractivity contribution in [2.45, 2.75) is 89.1 Å². The number of hydrogen-bond donors (Lipinski definition) is 5. The van der Waals surface area contributed by atoms with E-state index < -0.39 is 54.9 Å². The largest absolute Gasteiger partial charge is 0.462 e. The van der Waals surface area contributed by atoms with Gasteiger partial charge in [0.1, 0.15) is 30.5 Å². The van der Waals surface area contributed by atoms with Crippen molar-refractivity contribution >= 4 is 5.97 Å². The highest BCUT2D eigenvalue weighted by molar-refractivity contribution is 5.74. The number of esters is 1. The van der Waals surface area contributed by atoms with Crippen LogP contribution in [-0.2, 0) is 19.0 Å². The summed E-state index contributed by atoms with van der Waals surface area (Å²) in [4.78, 5) is 12.2. The van der Waals surface area contributed by atoms with Crippen LogP contribution in [0.4, 0.5) is 0 Å². The molecular formula is C21H34O9. The molecule has 172 valence electrons. The van der Waals surface area contributed by atoms with Crippen LogP contribution in [0.5, 0.6) is 0 Å². The fourth-order valence-corrected chi connectivity index (χ4v) is 6.53. The van der Waals surface area contributed by atoms with Gasteiger partial charge in [0.25, 0.3) is 0 Å². The predicted molar refractivity (Wildman–Crippen MR) is 102 cm³/mol. The molecule has 2 heterocycles. The van der Waals surface area contributed by atoms with Gasteiger partial charge in [0.05, 0.1) is 24.7 Å². The van der Waals surface area contributed by atoms with E-state index >= 15 is 0 Å². The van der Waals surface area contributed by atoms with Crippen LogP contribution >= 0.6 is 0 Å². The molecule has 0 spiro atoms. The summed E-state index contributed by atoms with van der Waals surface area (Å²) < 4.78 is 17.3. The molecule has 0 bridgehead atoms. The maximum Gasteiger partial charge on any atom is 0.309 e. The van der Waals surface area contributed by atoms with E-state index in [0.29, 0.717) is 19.3 Å². The van der Waals surface area contributed by atoms with Crippen molar-refractivity contribution in [1.29, 1.82) is 0 Å². The molecule has 4 aliphatic rings. The van der Waals surface area contributed by atoms with Gasteiger partial charge < -0.3 is 39.7 Å². The monoisotopic (exact) mass is 430 g/mol. The maximum absolute atomic E-state index is 12.2. The number of aliphatic hydroxyl groups excluding tert-OH is 5. The summed E-state index contributed by atoms with van der Waals surface area (Å²) in [6, 6.07) is 0. The molecule has 5 N–H and O–H groups in total. The average molecular weight is 430 g/mol. The van der Waals surface area contributed by atoms with Gasteiger partial charge in [-0.2, -0.15) is 0 Å². The molecule has 30 heavy (non-hydrogen) atoms. The summed E-state index contributed by atoms with van der Waals surface area (Å²) in [5.41, 5.74) is -0.501. The Labute approximate surface area is 175 Å². The molecule has 9 nitrogen and oxygen atoms in total. The Morgan fingerprint density at radius 2 is 1.80 bits per heavy atom. The molecule has 13 atom stereocenters. The fraction of sp³-hybridized carbons (Fsp3) is 0.952. The summed E-state index contributed by atoms with van der Waals surface area (Å²) in [6.45, 7) is 5.44. The Balaban J connectivity index is 1.59.